The standard InChI is InChI=1S/C16H20ClNS/c1-2-8-18-12-14(11-16-7-4-9-19-16)13-5-3-6-15(17)10-13/h3-7,9-10,14,18H,2,8,11-12H2,1H3. The van der Waals surface area contributed by atoms with Crippen molar-refractivity contribution >= 4 is 22.9 Å². The molecule has 0 saturated carbocycles. The minimum atomic E-state index is 0.490. The van der Waals surface area contributed by atoms with Gasteiger partial charge in [0, 0.05) is 22.4 Å². The number of hydrogen-bond donors (Lipinski definition) is 1. The predicted molar refractivity (Wildman–Crippen MR) is 85.4 cm³/mol. The molecule has 1 atom stereocenters. The summed E-state index contributed by atoms with van der Waals surface area (Å²) >= 11 is 7.94. The van der Waals surface area contributed by atoms with Crippen LogP contribution in [0.2, 0.25) is 5.02 Å². The zero-order chi connectivity index (χ0) is 13.5. The van der Waals surface area contributed by atoms with E-state index >= 15 is 0 Å². The highest BCUT2D eigenvalue weighted by atomic mass is 35.5. The van der Waals surface area contributed by atoms with Crippen molar-refractivity contribution in [3.05, 3.63) is 57.2 Å². The normalized spacial score (nSPS) is 12.5. The Kier molecular flexibility index (Phi) is 5.90. The SMILES string of the molecule is CCCNCC(Cc1cccs1)c1cccc(Cl)c1. The summed E-state index contributed by atoms with van der Waals surface area (Å²) in [5.74, 6) is 0.490. The number of benzene rings is 1. The minimum Gasteiger partial charge on any atom is -0.316 e. The molecule has 1 N–H and O–H groups in total. The van der Waals surface area contributed by atoms with Crippen LogP contribution in [0.25, 0.3) is 0 Å². The third kappa shape index (κ3) is 4.64. The fourth-order valence-corrected chi connectivity index (χ4v) is 3.18. The fraction of sp³-hybridized carbons (Fsp3) is 0.375. The summed E-state index contributed by atoms with van der Waals surface area (Å²) in [5, 5.41) is 6.49. The Labute approximate surface area is 124 Å². The van der Waals surface area contributed by atoms with E-state index in [-0.39, 0.29) is 0 Å². The van der Waals surface area contributed by atoms with E-state index in [0.29, 0.717) is 5.92 Å². The highest BCUT2D eigenvalue weighted by Crippen LogP contribution is 2.25. The number of halogens is 1. The van der Waals surface area contributed by atoms with Gasteiger partial charge in [-0.3, -0.25) is 0 Å². The van der Waals surface area contributed by atoms with E-state index in [1.165, 1.54) is 16.9 Å². The van der Waals surface area contributed by atoms with Crippen molar-refractivity contribution in [2.24, 2.45) is 0 Å². The quantitative estimate of drug-likeness (QED) is 0.728. The van der Waals surface area contributed by atoms with Gasteiger partial charge in [0.1, 0.15) is 0 Å². The van der Waals surface area contributed by atoms with Gasteiger partial charge in [-0.2, -0.15) is 0 Å². The molecule has 1 aromatic heterocycles. The summed E-state index contributed by atoms with van der Waals surface area (Å²) in [5.41, 5.74) is 1.32. The molecule has 1 heterocycles. The molecule has 0 aliphatic rings. The van der Waals surface area contributed by atoms with Gasteiger partial charge in [0.2, 0.25) is 0 Å². The molecular weight excluding hydrogens is 274 g/mol. The Hall–Kier alpha value is -0.830. The van der Waals surface area contributed by atoms with Crippen LogP contribution in [0.3, 0.4) is 0 Å². The molecule has 1 unspecified atom stereocenters. The smallest absolute Gasteiger partial charge is 0.0408 e. The average molecular weight is 294 g/mol. The molecule has 0 saturated heterocycles. The third-order valence-electron chi connectivity index (χ3n) is 3.17. The fourth-order valence-electron chi connectivity index (χ4n) is 2.19. The van der Waals surface area contributed by atoms with Gasteiger partial charge < -0.3 is 5.32 Å². The van der Waals surface area contributed by atoms with Crippen LogP contribution >= 0.6 is 22.9 Å². The van der Waals surface area contributed by atoms with Gasteiger partial charge in [0.05, 0.1) is 0 Å². The molecule has 1 nitrogen and oxygen atoms in total. The molecule has 2 aromatic rings. The second-order valence-electron chi connectivity index (χ2n) is 4.74. The molecular formula is C16H20ClNS. The largest absolute Gasteiger partial charge is 0.316 e. The second-order valence-corrected chi connectivity index (χ2v) is 6.21. The van der Waals surface area contributed by atoms with Crippen molar-refractivity contribution in [1.29, 1.82) is 0 Å². The zero-order valence-corrected chi connectivity index (χ0v) is 12.8. The van der Waals surface area contributed by atoms with E-state index < -0.39 is 0 Å². The third-order valence-corrected chi connectivity index (χ3v) is 4.30. The van der Waals surface area contributed by atoms with Crippen LogP contribution in [0.15, 0.2) is 41.8 Å². The van der Waals surface area contributed by atoms with Gasteiger partial charge in [-0.25, -0.2) is 0 Å². The maximum Gasteiger partial charge on any atom is 0.0408 e. The summed E-state index contributed by atoms with van der Waals surface area (Å²) in [6, 6.07) is 12.6. The molecule has 0 aliphatic heterocycles. The van der Waals surface area contributed by atoms with Gasteiger partial charge in [-0.05, 0) is 48.5 Å². The number of hydrogen-bond acceptors (Lipinski definition) is 2. The molecule has 0 aliphatic carbocycles. The summed E-state index contributed by atoms with van der Waals surface area (Å²) < 4.78 is 0. The second kappa shape index (κ2) is 7.68. The molecule has 0 spiro atoms. The van der Waals surface area contributed by atoms with Gasteiger partial charge in [-0.1, -0.05) is 36.7 Å². The van der Waals surface area contributed by atoms with Crippen LogP contribution in [0.5, 0.6) is 0 Å². The first-order valence-corrected chi connectivity index (χ1v) is 8.04. The average Bonchev–Trinajstić information content (AvgIpc) is 2.91. The Balaban J connectivity index is 2.08. The van der Waals surface area contributed by atoms with E-state index in [1.807, 2.05) is 23.5 Å². The Bertz CT molecular complexity index is 481. The Morgan fingerprint density at radius 1 is 1.26 bits per heavy atom. The molecule has 2 rings (SSSR count). The van der Waals surface area contributed by atoms with Crippen molar-refractivity contribution in [2.45, 2.75) is 25.7 Å². The maximum atomic E-state index is 6.11. The van der Waals surface area contributed by atoms with Crippen molar-refractivity contribution in [1.82, 2.24) is 5.32 Å². The molecule has 0 fully saturated rings. The van der Waals surface area contributed by atoms with Crippen LogP contribution in [0, 0.1) is 0 Å². The van der Waals surface area contributed by atoms with Crippen molar-refractivity contribution in [3.63, 3.8) is 0 Å². The first-order valence-electron chi connectivity index (χ1n) is 6.78. The van der Waals surface area contributed by atoms with Crippen LogP contribution < -0.4 is 5.32 Å². The van der Waals surface area contributed by atoms with Crippen molar-refractivity contribution in [2.75, 3.05) is 13.1 Å². The van der Waals surface area contributed by atoms with Crippen molar-refractivity contribution in [3.8, 4) is 0 Å². The van der Waals surface area contributed by atoms with Crippen molar-refractivity contribution < 1.29 is 0 Å². The first-order chi connectivity index (χ1) is 9.29. The summed E-state index contributed by atoms with van der Waals surface area (Å²) in [4.78, 5) is 1.43. The van der Waals surface area contributed by atoms with E-state index in [1.54, 1.807) is 0 Å². The number of nitrogens with one attached hydrogen (secondary N) is 1. The first kappa shape index (κ1) is 14.6. The molecule has 0 radical (unpaired) electrons. The van der Waals surface area contributed by atoms with Crippen LogP contribution in [-0.4, -0.2) is 13.1 Å². The lowest BCUT2D eigenvalue weighted by Crippen LogP contribution is -2.23. The maximum absolute atomic E-state index is 6.11. The zero-order valence-electron chi connectivity index (χ0n) is 11.2. The summed E-state index contributed by atoms with van der Waals surface area (Å²) in [6.07, 6.45) is 2.25. The van der Waals surface area contributed by atoms with Crippen LogP contribution in [0.4, 0.5) is 0 Å². The van der Waals surface area contributed by atoms with E-state index in [2.05, 4.69) is 41.9 Å². The lowest BCUT2D eigenvalue weighted by Gasteiger charge is -2.17. The van der Waals surface area contributed by atoms with Gasteiger partial charge in [-0.15, -0.1) is 11.3 Å². The lowest BCUT2D eigenvalue weighted by atomic mass is 9.95. The van der Waals surface area contributed by atoms with Gasteiger partial charge in [0.15, 0.2) is 0 Å². The molecule has 0 amide bonds. The number of thiophene rings is 1. The molecule has 0 bridgehead atoms. The van der Waals surface area contributed by atoms with E-state index in [4.69, 9.17) is 11.6 Å². The molecule has 1 aromatic carbocycles. The predicted octanol–water partition coefficient (Wildman–Crippen LogP) is 4.73. The van der Waals surface area contributed by atoms with Crippen LogP contribution in [0.1, 0.15) is 29.7 Å². The van der Waals surface area contributed by atoms with Gasteiger partial charge >= 0.3 is 0 Å². The lowest BCUT2D eigenvalue weighted by molar-refractivity contribution is 0.579. The highest BCUT2D eigenvalue weighted by molar-refractivity contribution is 7.09. The Morgan fingerprint density at radius 2 is 2.16 bits per heavy atom. The molecule has 3 heteroatoms. The summed E-state index contributed by atoms with van der Waals surface area (Å²) in [7, 11) is 0. The molecule has 19 heavy (non-hydrogen) atoms. The summed E-state index contributed by atoms with van der Waals surface area (Å²) in [6.45, 7) is 4.27. The molecule has 102 valence electrons. The number of rotatable bonds is 7. The van der Waals surface area contributed by atoms with Gasteiger partial charge in [0.25, 0.3) is 0 Å². The Morgan fingerprint density at radius 3 is 2.84 bits per heavy atom. The van der Waals surface area contributed by atoms with E-state index in [9.17, 15) is 0 Å². The monoisotopic (exact) mass is 293 g/mol. The highest BCUT2D eigenvalue weighted by Gasteiger charge is 2.13. The topological polar surface area (TPSA) is 12.0 Å². The van der Waals surface area contributed by atoms with E-state index in [0.717, 1.165) is 24.5 Å². The minimum absolute atomic E-state index is 0.490. The van der Waals surface area contributed by atoms with Crippen LogP contribution in [-0.2, 0) is 6.42 Å².